The van der Waals surface area contributed by atoms with Crippen molar-refractivity contribution in [3.8, 4) is 0 Å². The topological polar surface area (TPSA) is 45.2 Å². The van der Waals surface area contributed by atoms with Gasteiger partial charge in [0.25, 0.3) is 0 Å². The minimum atomic E-state index is -0.0151. The minimum absolute atomic E-state index is 0.0151. The Hall–Kier alpha value is -1.66. The summed E-state index contributed by atoms with van der Waals surface area (Å²) in [7, 11) is 1.92. The second kappa shape index (κ2) is 8.82. The van der Waals surface area contributed by atoms with E-state index in [1.807, 2.05) is 36.2 Å². The van der Waals surface area contributed by atoms with Crippen molar-refractivity contribution in [2.45, 2.75) is 13.0 Å². The molecule has 0 unspecified atom stereocenters. The van der Waals surface area contributed by atoms with Gasteiger partial charge in [-0.3, -0.25) is 9.69 Å². The molecule has 0 bridgehead atoms. The molecule has 2 aromatic carbocycles. The van der Waals surface area contributed by atoms with Crippen LogP contribution in [0.5, 0.6) is 0 Å². The molecule has 0 atom stereocenters. The molecule has 0 saturated heterocycles. The van der Waals surface area contributed by atoms with E-state index in [4.69, 9.17) is 23.2 Å². The lowest BCUT2D eigenvalue weighted by atomic mass is 10.1. The number of nitrogens with zero attached hydrogens (tertiary/aromatic N) is 2. The highest BCUT2D eigenvalue weighted by atomic mass is 35.5. The molecule has 0 aliphatic heterocycles. The number of amides is 1. The van der Waals surface area contributed by atoms with Crippen molar-refractivity contribution in [2.75, 3.05) is 20.1 Å². The fraction of sp³-hybridized carbons (Fsp3) is 0.263. The molecule has 7 heteroatoms. The van der Waals surface area contributed by atoms with Gasteiger partial charge in [-0.2, -0.15) is 0 Å². The molecule has 0 aliphatic rings. The number of para-hydroxylation sites is 1. The van der Waals surface area contributed by atoms with E-state index < -0.39 is 0 Å². The summed E-state index contributed by atoms with van der Waals surface area (Å²) >= 11 is 13.7. The number of hydrogen-bond acceptors (Lipinski definition) is 4. The normalized spacial score (nSPS) is 11.2. The van der Waals surface area contributed by atoms with E-state index >= 15 is 0 Å². The van der Waals surface area contributed by atoms with Crippen LogP contribution in [0.2, 0.25) is 10.0 Å². The fourth-order valence-electron chi connectivity index (χ4n) is 2.64. The number of halogens is 2. The van der Waals surface area contributed by atoms with Gasteiger partial charge in [0.05, 0.1) is 23.3 Å². The molecule has 1 N–H and O–H groups in total. The van der Waals surface area contributed by atoms with Crippen LogP contribution < -0.4 is 5.32 Å². The number of likely N-dealkylation sites (N-methyl/N-ethyl adjacent to an activating group) is 1. The van der Waals surface area contributed by atoms with Crippen LogP contribution in [0.3, 0.4) is 0 Å². The number of hydrogen-bond donors (Lipinski definition) is 1. The Morgan fingerprint density at radius 2 is 2.04 bits per heavy atom. The Bertz CT molecular complexity index is 880. The van der Waals surface area contributed by atoms with E-state index in [0.717, 1.165) is 16.1 Å². The van der Waals surface area contributed by atoms with Crippen molar-refractivity contribution in [3.05, 3.63) is 63.1 Å². The molecule has 136 valence electrons. The molecular weight excluding hydrogens is 389 g/mol. The van der Waals surface area contributed by atoms with Crippen molar-refractivity contribution in [3.63, 3.8) is 0 Å². The number of thiazole rings is 1. The maximum atomic E-state index is 12.1. The summed E-state index contributed by atoms with van der Waals surface area (Å²) in [5, 5.41) is 5.17. The van der Waals surface area contributed by atoms with Gasteiger partial charge in [-0.15, -0.1) is 11.3 Å². The Labute approximate surface area is 166 Å². The van der Waals surface area contributed by atoms with Gasteiger partial charge in [-0.1, -0.05) is 41.4 Å². The van der Waals surface area contributed by atoms with Gasteiger partial charge in [-0.25, -0.2) is 4.98 Å². The lowest BCUT2D eigenvalue weighted by Crippen LogP contribution is -2.35. The number of rotatable bonds is 7. The molecule has 26 heavy (non-hydrogen) atoms. The van der Waals surface area contributed by atoms with E-state index in [2.05, 4.69) is 16.4 Å². The van der Waals surface area contributed by atoms with Crippen molar-refractivity contribution in [1.29, 1.82) is 0 Å². The zero-order valence-electron chi connectivity index (χ0n) is 14.3. The third-order valence-electron chi connectivity index (χ3n) is 3.89. The predicted octanol–water partition coefficient (Wildman–Crippen LogP) is 4.39. The number of fused-ring (bicyclic) bond motifs is 1. The average Bonchev–Trinajstić information content (AvgIpc) is 2.98. The van der Waals surface area contributed by atoms with Gasteiger partial charge in [0.15, 0.2) is 0 Å². The quantitative estimate of drug-likeness (QED) is 0.631. The molecule has 0 saturated carbocycles. The van der Waals surface area contributed by atoms with Crippen molar-refractivity contribution >= 4 is 50.7 Å². The zero-order chi connectivity index (χ0) is 18.5. The highest BCUT2D eigenvalue weighted by Gasteiger charge is 2.10. The van der Waals surface area contributed by atoms with E-state index in [0.29, 0.717) is 36.1 Å². The van der Waals surface area contributed by atoms with Gasteiger partial charge in [0, 0.05) is 16.6 Å². The number of carbonyl (C=O) groups excluding carboxylic acids is 1. The van der Waals surface area contributed by atoms with Crippen molar-refractivity contribution in [2.24, 2.45) is 0 Å². The average molecular weight is 408 g/mol. The Morgan fingerprint density at radius 1 is 1.23 bits per heavy atom. The Kier molecular flexibility index (Phi) is 6.48. The summed E-state index contributed by atoms with van der Waals surface area (Å²) in [4.78, 5) is 18.7. The van der Waals surface area contributed by atoms with Crippen LogP contribution in [0, 0.1) is 0 Å². The molecule has 0 fully saturated rings. The molecule has 1 heterocycles. The summed E-state index contributed by atoms with van der Waals surface area (Å²) in [5.41, 5.74) is 1.98. The number of aromatic nitrogens is 1. The summed E-state index contributed by atoms with van der Waals surface area (Å²) in [6.07, 6.45) is 0.670. The van der Waals surface area contributed by atoms with Crippen LogP contribution in [0.15, 0.2) is 42.5 Å². The van der Waals surface area contributed by atoms with Gasteiger partial charge < -0.3 is 5.32 Å². The lowest BCUT2D eigenvalue weighted by Gasteiger charge is -2.14. The number of nitrogens with one attached hydrogen (secondary N) is 1. The van der Waals surface area contributed by atoms with Gasteiger partial charge >= 0.3 is 0 Å². The summed E-state index contributed by atoms with van der Waals surface area (Å²) in [6, 6.07) is 13.5. The smallest absolute Gasteiger partial charge is 0.234 e. The molecule has 1 amide bonds. The second-order valence-electron chi connectivity index (χ2n) is 6.08. The highest BCUT2D eigenvalue weighted by molar-refractivity contribution is 7.18. The van der Waals surface area contributed by atoms with Crippen molar-refractivity contribution < 1.29 is 4.79 Å². The molecule has 3 rings (SSSR count). The summed E-state index contributed by atoms with van der Waals surface area (Å²) in [5.74, 6) is -0.0151. The first kappa shape index (κ1) is 19.1. The van der Waals surface area contributed by atoms with Crippen LogP contribution in [-0.2, 0) is 17.8 Å². The molecule has 3 aromatic rings. The van der Waals surface area contributed by atoms with Crippen LogP contribution >= 0.6 is 34.5 Å². The molecule has 0 spiro atoms. The van der Waals surface area contributed by atoms with Gasteiger partial charge in [0.2, 0.25) is 5.91 Å². The molecule has 0 radical (unpaired) electrons. The Balaban J connectivity index is 1.45. The van der Waals surface area contributed by atoms with E-state index in [1.165, 1.54) is 4.70 Å². The monoisotopic (exact) mass is 407 g/mol. The van der Waals surface area contributed by atoms with E-state index in [9.17, 15) is 4.79 Å². The first-order valence-corrected chi connectivity index (χ1v) is 9.82. The van der Waals surface area contributed by atoms with Crippen LogP contribution in [0.25, 0.3) is 10.2 Å². The van der Waals surface area contributed by atoms with Gasteiger partial charge in [-0.05, 0) is 43.3 Å². The highest BCUT2D eigenvalue weighted by Crippen LogP contribution is 2.22. The number of carbonyl (C=O) groups is 1. The largest absolute Gasteiger partial charge is 0.355 e. The van der Waals surface area contributed by atoms with Gasteiger partial charge in [0.1, 0.15) is 5.01 Å². The molecule has 4 nitrogen and oxygen atoms in total. The summed E-state index contributed by atoms with van der Waals surface area (Å²) in [6.45, 7) is 1.51. The summed E-state index contributed by atoms with van der Waals surface area (Å²) < 4.78 is 1.17. The predicted molar refractivity (Wildman–Crippen MR) is 109 cm³/mol. The van der Waals surface area contributed by atoms with E-state index in [1.54, 1.807) is 23.5 Å². The first-order chi connectivity index (χ1) is 12.5. The molecule has 0 aliphatic carbocycles. The van der Waals surface area contributed by atoms with Crippen molar-refractivity contribution in [1.82, 2.24) is 15.2 Å². The SMILES string of the molecule is CN(CC(=O)NCCc1ccc(Cl)cc1Cl)Cc1nc2ccccc2s1. The third-order valence-corrected chi connectivity index (χ3v) is 5.50. The maximum absolute atomic E-state index is 12.1. The standard InChI is InChI=1S/C19H19Cl2N3OS/c1-24(12-19-23-16-4-2-3-5-17(16)26-19)11-18(25)22-9-8-13-6-7-14(20)10-15(13)21/h2-7,10H,8-9,11-12H2,1H3,(H,22,25). The molecule has 1 aromatic heterocycles. The van der Waals surface area contributed by atoms with Crippen LogP contribution in [-0.4, -0.2) is 35.9 Å². The third kappa shape index (κ3) is 5.17. The van der Waals surface area contributed by atoms with Crippen LogP contribution in [0.4, 0.5) is 0 Å². The fourth-order valence-corrected chi connectivity index (χ4v) is 4.19. The maximum Gasteiger partial charge on any atom is 0.234 e. The number of benzene rings is 2. The van der Waals surface area contributed by atoms with E-state index in [-0.39, 0.29) is 5.91 Å². The molecular formula is C19H19Cl2N3OS. The zero-order valence-corrected chi connectivity index (χ0v) is 16.7. The second-order valence-corrected chi connectivity index (χ2v) is 8.04. The minimum Gasteiger partial charge on any atom is -0.355 e. The van der Waals surface area contributed by atoms with Crippen LogP contribution in [0.1, 0.15) is 10.6 Å². The first-order valence-electron chi connectivity index (χ1n) is 8.25. The Morgan fingerprint density at radius 3 is 2.81 bits per heavy atom. The lowest BCUT2D eigenvalue weighted by molar-refractivity contribution is -0.122.